The number of nitrogens with zero attached hydrogens (tertiary/aromatic N) is 3. The van der Waals surface area contributed by atoms with Crippen LogP contribution < -0.4 is 16.0 Å². The van der Waals surface area contributed by atoms with Gasteiger partial charge in [0, 0.05) is 43.3 Å². The van der Waals surface area contributed by atoms with Gasteiger partial charge in [-0.1, -0.05) is 0 Å². The Hall–Kier alpha value is -1.99. The largest absolute Gasteiger partial charge is 0.388 e. The van der Waals surface area contributed by atoms with Crippen molar-refractivity contribution < 1.29 is 4.74 Å². The number of nitrogens with one attached hydrogen (secondary N) is 2. The Bertz CT molecular complexity index is 593. The van der Waals surface area contributed by atoms with Gasteiger partial charge >= 0.3 is 0 Å². The number of morpholine rings is 1. The van der Waals surface area contributed by atoms with Gasteiger partial charge in [-0.15, -0.1) is 0 Å². The first-order valence-corrected chi connectivity index (χ1v) is 9.13. The predicted molar refractivity (Wildman–Crippen MR) is 99.8 cm³/mol. The van der Waals surface area contributed by atoms with Crippen molar-refractivity contribution in [1.82, 2.24) is 15.3 Å². The Balaban J connectivity index is 1.58. The van der Waals surface area contributed by atoms with Crippen LogP contribution in [0.5, 0.6) is 0 Å². The fourth-order valence-electron chi connectivity index (χ4n) is 3.34. The van der Waals surface area contributed by atoms with E-state index >= 15 is 0 Å². The number of rotatable bonds is 8. The second-order valence-corrected chi connectivity index (χ2v) is 6.72. The molecule has 0 amide bonds. The molecule has 1 saturated carbocycles. The van der Waals surface area contributed by atoms with Crippen LogP contribution in [0, 0.1) is 11.3 Å². The zero-order valence-corrected chi connectivity index (χ0v) is 14.7. The molecular weight excluding hydrogens is 316 g/mol. The van der Waals surface area contributed by atoms with E-state index in [4.69, 9.17) is 15.9 Å². The van der Waals surface area contributed by atoms with Crippen LogP contribution in [0.3, 0.4) is 0 Å². The molecule has 2 heterocycles. The zero-order valence-electron chi connectivity index (χ0n) is 14.7. The lowest BCUT2D eigenvalue weighted by atomic mass is 9.77. The highest BCUT2D eigenvalue weighted by molar-refractivity contribution is 6.07. The van der Waals surface area contributed by atoms with Crippen LogP contribution in [0.1, 0.15) is 31.4 Å². The molecule has 0 radical (unpaired) electrons. The predicted octanol–water partition coefficient (Wildman–Crippen LogP) is 1.41. The number of allylic oxidation sites excluding steroid dienone is 1. The monoisotopic (exact) mass is 344 g/mol. The van der Waals surface area contributed by atoms with Crippen LogP contribution in [0.2, 0.25) is 0 Å². The first kappa shape index (κ1) is 17.8. The molecule has 1 aliphatic carbocycles. The highest BCUT2D eigenvalue weighted by Gasteiger charge is 2.27. The first-order chi connectivity index (χ1) is 12.3. The van der Waals surface area contributed by atoms with Crippen molar-refractivity contribution in [1.29, 1.82) is 5.41 Å². The third kappa shape index (κ3) is 4.76. The third-order valence-corrected chi connectivity index (χ3v) is 4.91. The van der Waals surface area contributed by atoms with Crippen LogP contribution in [0.25, 0.3) is 5.57 Å². The van der Waals surface area contributed by atoms with E-state index in [-0.39, 0.29) is 0 Å². The summed E-state index contributed by atoms with van der Waals surface area (Å²) in [6, 6.07) is 2.35. The summed E-state index contributed by atoms with van der Waals surface area (Å²) >= 11 is 0. The molecule has 2 fully saturated rings. The Labute approximate surface area is 149 Å². The maximum absolute atomic E-state index is 7.72. The molecule has 0 unspecified atom stereocenters. The summed E-state index contributed by atoms with van der Waals surface area (Å²) in [6.45, 7) is 3.80. The van der Waals surface area contributed by atoms with Gasteiger partial charge in [0.2, 0.25) is 5.95 Å². The van der Waals surface area contributed by atoms with Gasteiger partial charge in [-0.3, -0.25) is 0 Å². The molecule has 2 aliphatic rings. The molecule has 0 aromatic carbocycles. The van der Waals surface area contributed by atoms with Crippen LogP contribution in [-0.2, 0) is 4.74 Å². The lowest BCUT2D eigenvalue weighted by Crippen LogP contribution is -2.39. The van der Waals surface area contributed by atoms with Gasteiger partial charge in [-0.25, -0.2) is 9.97 Å². The maximum Gasteiger partial charge on any atom is 0.226 e. The molecule has 25 heavy (non-hydrogen) atoms. The highest BCUT2D eigenvalue weighted by Crippen LogP contribution is 2.31. The van der Waals surface area contributed by atoms with E-state index < -0.39 is 0 Å². The minimum absolute atomic E-state index is 0.498. The van der Waals surface area contributed by atoms with E-state index in [0.717, 1.165) is 43.2 Å². The number of aromatic nitrogens is 2. The van der Waals surface area contributed by atoms with E-state index in [9.17, 15) is 0 Å². The van der Waals surface area contributed by atoms with Gasteiger partial charge in [0.1, 0.15) is 0 Å². The molecule has 1 aliphatic heterocycles. The number of ether oxygens (including phenoxy) is 1. The van der Waals surface area contributed by atoms with Crippen molar-refractivity contribution in [3.05, 3.63) is 24.2 Å². The van der Waals surface area contributed by atoms with Crippen LogP contribution >= 0.6 is 0 Å². The Morgan fingerprint density at radius 3 is 2.92 bits per heavy atom. The molecule has 136 valence electrons. The van der Waals surface area contributed by atoms with E-state index in [0.29, 0.717) is 25.2 Å². The Morgan fingerprint density at radius 2 is 2.20 bits per heavy atom. The molecule has 0 spiro atoms. The minimum atomic E-state index is 0.498. The molecule has 7 nitrogen and oxygen atoms in total. The smallest absolute Gasteiger partial charge is 0.226 e. The standard InChI is InChI=1S/C18H28N6O/c19-4-1-2-14-10-16(11-14)22-13-15(12-20)17-3-5-21-18(23-17)24-6-8-25-9-7-24/h3,5,12-14,16,20,22H,1-2,4,6-11,19H2/b15-13+,20-12?. The molecule has 1 aromatic heterocycles. The van der Waals surface area contributed by atoms with Gasteiger partial charge in [0.25, 0.3) is 0 Å². The second-order valence-electron chi connectivity index (χ2n) is 6.72. The third-order valence-electron chi connectivity index (χ3n) is 4.91. The molecule has 7 heteroatoms. The quantitative estimate of drug-likeness (QED) is 0.617. The minimum Gasteiger partial charge on any atom is -0.388 e. The summed E-state index contributed by atoms with van der Waals surface area (Å²) in [7, 11) is 0. The van der Waals surface area contributed by atoms with Crippen molar-refractivity contribution >= 4 is 17.7 Å². The van der Waals surface area contributed by atoms with Gasteiger partial charge in [0.05, 0.1) is 18.9 Å². The average Bonchev–Trinajstić information content (AvgIpc) is 2.64. The van der Waals surface area contributed by atoms with E-state index in [1.165, 1.54) is 25.5 Å². The van der Waals surface area contributed by atoms with E-state index in [2.05, 4.69) is 20.2 Å². The Kier molecular flexibility index (Phi) is 6.36. The molecule has 1 saturated heterocycles. The van der Waals surface area contributed by atoms with E-state index in [1.807, 2.05) is 12.3 Å². The van der Waals surface area contributed by atoms with Gasteiger partial charge in [0.15, 0.2) is 0 Å². The fourth-order valence-corrected chi connectivity index (χ4v) is 3.34. The summed E-state index contributed by atoms with van der Waals surface area (Å²) < 4.78 is 5.38. The fraction of sp³-hybridized carbons (Fsp3) is 0.611. The topological polar surface area (TPSA) is 100 Å². The van der Waals surface area contributed by atoms with Crippen molar-refractivity contribution in [2.24, 2.45) is 11.7 Å². The van der Waals surface area contributed by atoms with Gasteiger partial charge in [-0.2, -0.15) is 0 Å². The normalized spacial score (nSPS) is 23.9. The zero-order chi connectivity index (χ0) is 17.5. The molecular formula is C18H28N6O. The van der Waals surface area contributed by atoms with Crippen molar-refractivity contribution in [2.45, 2.75) is 31.7 Å². The molecule has 0 bridgehead atoms. The lowest BCUT2D eigenvalue weighted by Gasteiger charge is -2.35. The van der Waals surface area contributed by atoms with Gasteiger partial charge in [-0.05, 0) is 44.2 Å². The summed E-state index contributed by atoms with van der Waals surface area (Å²) in [6.07, 6.45) is 9.74. The van der Waals surface area contributed by atoms with E-state index in [1.54, 1.807) is 6.20 Å². The molecule has 1 aromatic rings. The van der Waals surface area contributed by atoms with Crippen LogP contribution in [-0.4, -0.2) is 55.1 Å². The molecule has 0 atom stereocenters. The summed E-state index contributed by atoms with van der Waals surface area (Å²) in [5.41, 5.74) is 7.12. The summed E-state index contributed by atoms with van der Waals surface area (Å²) in [5, 5.41) is 11.2. The van der Waals surface area contributed by atoms with Crippen LogP contribution in [0.4, 0.5) is 5.95 Å². The number of nitrogens with two attached hydrogens (primary N) is 1. The SMILES string of the molecule is N=C/C(=C\NC1CC(CCCN)C1)c1ccnc(N2CCOCC2)n1. The van der Waals surface area contributed by atoms with Crippen molar-refractivity contribution in [3.8, 4) is 0 Å². The lowest BCUT2D eigenvalue weighted by molar-refractivity contribution is 0.122. The molecule has 4 N–H and O–H groups in total. The number of hydrogen-bond donors (Lipinski definition) is 3. The summed E-state index contributed by atoms with van der Waals surface area (Å²) in [5.74, 6) is 1.50. The summed E-state index contributed by atoms with van der Waals surface area (Å²) in [4.78, 5) is 11.1. The van der Waals surface area contributed by atoms with Crippen molar-refractivity contribution in [3.63, 3.8) is 0 Å². The number of anilines is 1. The first-order valence-electron chi connectivity index (χ1n) is 9.13. The Morgan fingerprint density at radius 1 is 1.40 bits per heavy atom. The maximum atomic E-state index is 7.72. The van der Waals surface area contributed by atoms with Crippen molar-refractivity contribution in [2.75, 3.05) is 37.7 Å². The van der Waals surface area contributed by atoms with Crippen LogP contribution in [0.15, 0.2) is 18.5 Å². The molecule has 3 rings (SSSR count). The average molecular weight is 344 g/mol. The number of hydrogen-bond acceptors (Lipinski definition) is 7. The second kappa shape index (κ2) is 8.92. The highest BCUT2D eigenvalue weighted by atomic mass is 16.5. The van der Waals surface area contributed by atoms with Gasteiger partial charge < -0.3 is 26.1 Å².